The lowest BCUT2D eigenvalue weighted by molar-refractivity contribution is -0.467. The molecule has 6 heterocycles. The molecule has 3 atom stereocenters. The molecule has 1 saturated carbocycles. The van der Waals surface area contributed by atoms with Crippen molar-refractivity contribution in [1.82, 2.24) is 30.2 Å². The van der Waals surface area contributed by atoms with Crippen LogP contribution in [0.1, 0.15) is 62.9 Å². The van der Waals surface area contributed by atoms with Gasteiger partial charge in [0.15, 0.2) is 12.0 Å². The third-order valence-electron chi connectivity index (χ3n) is 10.3. The van der Waals surface area contributed by atoms with Gasteiger partial charge in [0.2, 0.25) is 11.8 Å². The molecule has 0 bridgehead atoms. The number of piperidine rings is 1. The van der Waals surface area contributed by atoms with Crippen molar-refractivity contribution in [2.45, 2.75) is 70.0 Å². The minimum Gasteiger partial charge on any atom is -0.381 e. The van der Waals surface area contributed by atoms with Crippen molar-refractivity contribution in [3.63, 3.8) is 0 Å². The number of hydrogen-bond donors (Lipinski definition) is 2. The molecule has 2 aromatic rings. The van der Waals surface area contributed by atoms with E-state index in [1.165, 1.54) is 15.4 Å². The molecule has 0 radical (unpaired) electrons. The average molecular weight is 679 g/mol. The van der Waals surface area contributed by atoms with Gasteiger partial charge in [-0.3, -0.25) is 9.59 Å². The maximum atomic E-state index is 14.2. The molecule has 1 spiro atoms. The number of hydrogen-bond acceptors (Lipinski definition) is 8. The van der Waals surface area contributed by atoms with E-state index in [1.807, 2.05) is 4.90 Å². The highest BCUT2D eigenvalue weighted by molar-refractivity contribution is 5.96. The first-order valence-corrected chi connectivity index (χ1v) is 16.3. The number of amides is 2. The van der Waals surface area contributed by atoms with Crippen LogP contribution in [0.2, 0.25) is 0 Å². The van der Waals surface area contributed by atoms with Gasteiger partial charge >= 0.3 is 17.8 Å². The van der Waals surface area contributed by atoms with E-state index in [9.17, 15) is 31.5 Å². The topological polar surface area (TPSA) is 129 Å². The van der Waals surface area contributed by atoms with Gasteiger partial charge in [-0.05, 0) is 36.7 Å². The van der Waals surface area contributed by atoms with E-state index in [0.717, 1.165) is 6.42 Å². The second-order valence-corrected chi connectivity index (χ2v) is 13.6. The molecule has 0 aromatic carbocycles. The van der Waals surface area contributed by atoms with Gasteiger partial charge in [0.25, 0.3) is 5.78 Å². The quantitative estimate of drug-likeness (QED) is 0.340. The Morgan fingerprint density at radius 1 is 1.23 bits per heavy atom. The third kappa shape index (κ3) is 6.28. The standard InChI is InChI=1S/C31H36F5N9O3/c1-2-44-23(5-9-38-44)27(47)40-24(18-3-6-30(32,33)7-4-18)22-14-45-28(39-22)41-25(43-15-29(16-43)8-10-48-17-29)21(42-45)12-19-11-20(31(34,35)36)13-37-26(19)46/h2,5,9,14,18-20,24H,3-4,6-8,10-13,15-17H2,1H3,(H-,37,40,46,47)/p+1/b44-2+/t19-,20-,24+/m1/s1. The van der Waals surface area contributed by atoms with E-state index < -0.39 is 48.3 Å². The van der Waals surface area contributed by atoms with Crippen LogP contribution in [0.5, 0.6) is 0 Å². The zero-order valence-corrected chi connectivity index (χ0v) is 26.3. The first-order chi connectivity index (χ1) is 22.8. The van der Waals surface area contributed by atoms with Gasteiger partial charge in [-0.25, -0.2) is 18.3 Å². The van der Waals surface area contributed by atoms with Crippen molar-refractivity contribution in [3.8, 4) is 0 Å². The molecule has 0 unspecified atom stereocenters. The van der Waals surface area contributed by atoms with Crippen LogP contribution in [0.15, 0.2) is 23.1 Å². The number of rotatable bonds is 7. The summed E-state index contributed by atoms with van der Waals surface area (Å²) in [4.78, 5) is 37.7. The van der Waals surface area contributed by atoms with Gasteiger partial charge in [0, 0.05) is 69.8 Å². The number of alkyl halides is 5. The number of carbonyl (C=O) groups excluding carboxylic acids is 2. The normalized spacial score (nSPS) is 27.0. The second kappa shape index (κ2) is 12.1. The Morgan fingerprint density at radius 2 is 2.00 bits per heavy atom. The molecule has 2 amide bonds. The average Bonchev–Trinajstić information content (AvgIpc) is 3.79. The van der Waals surface area contributed by atoms with Crippen molar-refractivity contribution in [3.05, 3.63) is 29.4 Å². The van der Waals surface area contributed by atoms with Gasteiger partial charge in [-0.1, -0.05) is 4.68 Å². The number of ether oxygens (including phenoxy) is 1. The monoisotopic (exact) mass is 678 g/mol. The van der Waals surface area contributed by atoms with Crippen molar-refractivity contribution in [2.24, 2.45) is 28.3 Å². The van der Waals surface area contributed by atoms with Crippen molar-refractivity contribution >= 4 is 35.8 Å². The molecule has 2 aromatic heterocycles. The highest BCUT2D eigenvalue weighted by Gasteiger charge is 2.49. The number of allylic oxidation sites excluding steroid dienone is 1. The Morgan fingerprint density at radius 3 is 2.69 bits per heavy atom. The first kappa shape index (κ1) is 32.5. The summed E-state index contributed by atoms with van der Waals surface area (Å²) < 4.78 is 77.7. The highest BCUT2D eigenvalue weighted by Crippen LogP contribution is 2.43. The molecule has 48 heavy (non-hydrogen) atoms. The van der Waals surface area contributed by atoms with Crippen LogP contribution in [0.25, 0.3) is 5.78 Å². The van der Waals surface area contributed by atoms with Crippen molar-refractivity contribution in [1.29, 1.82) is 0 Å². The number of nitrogens with zero attached hydrogens (tertiary/aromatic N) is 7. The maximum absolute atomic E-state index is 14.2. The van der Waals surface area contributed by atoms with Crippen LogP contribution in [0.4, 0.5) is 27.8 Å². The van der Waals surface area contributed by atoms with Gasteiger partial charge in [0.05, 0.1) is 30.5 Å². The van der Waals surface area contributed by atoms with Crippen molar-refractivity contribution in [2.75, 3.05) is 37.7 Å². The zero-order chi connectivity index (χ0) is 33.8. The largest absolute Gasteiger partial charge is 0.393 e. The van der Waals surface area contributed by atoms with Crippen LogP contribution in [0.3, 0.4) is 0 Å². The van der Waals surface area contributed by atoms with E-state index in [4.69, 9.17) is 19.8 Å². The predicted octanol–water partition coefficient (Wildman–Crippen LogP) is 3.18. The summed E-state index contributed by atoms with van der Waals surface area (Å²) in [5.41, 5.74) is 0.933. The minimum absolute atomic E-state index is 0.0455. The lowest BCUT2D eigenvalue weighted by Crippen LogP contribution is -2.57. The Balaban J connectivity index is 1.23. The molecule has 4 fully saturated rings. The van der Waals surface area contributed by atoms with Crippen LogP contribution in [0, 0.1) is 23.2 Å². The summed E-state index contributed by atoms with van der Waals surface area (Å²) in [7, 11) is 0. The smallest absolute Gasteiger partial charge is 0.381 e. The molecule has 4 aliphatic heterocycles. The van der Waals surface area contributed by atoms with E-state index in [0.29, 0.717) is 43.5 Å². The highest BCUT2D eigenvalue weighted by atomic mass is 19.4. The fraction of sp³-hybridized carbons (Fsp3) is 0.645. The third-order valence-corrected chi connectivity index (χ3v) is 10.3. The Kier molecular flexibility index (Phi) is 8.23. The van der Waals surface area contributed by atoms with E-state index >= 15 is 0 Å². The van der Waals surface area contributed by atoms with E-state index in [2.05, 4.69) is 15.7 Å². The lowest BCUT2D eigenvalue weighted by Gasteiger charge is -2.48. The van der Waals surface area contributed by atoms with Crippen LogP contribution >= 0.6 is 0 Å². The summed E-state index contributed by atoms with van der Waals surface area (Å²) in [6.07, 6.45) is 1.84. The number of hydrazone groups is 1. The number of aromatic nitrogens is 4. The zero-order valence-electron chi connectivity index (χ0n) is 26.3. The molecule has 5 aliphatic rings. The number of fused-ring (bicyclic) bond motifs is 1. The van der Waals surface area contributed by atoms with Crippen LogP contribution < -0.4 is 15.5 Å². The van der Waals surface area contributed by atoms with Crippen LogP contribution in [-0.2, 0) is 20.7 Å². The van der Waals surface area contributed by atoms with Gasteiger partial charge in [0.1, 0.15) is 11.9 Å². The number of carbonyl (C=O) groups is 2. The summed E-state index contributed by atoms with van der Waals surface area (Å²) in [6, 6.07) is -0.760. The molecule has 258 valence electrons. The number of nitrogens with one attached hydrogen (secondary N) is 2. The van der Waals surface area contributed by atoms with Gasteiger partial charge in [-0.2, -0.15) is 23.3 Å². The van der Waals surface area contributed by atoms with Gasteiger partial charge < -0.3 is 20.3 Å². The summed E-state index contributed by atoms with van der Waals surface area (Å²) >= 11 is 0. The van der Waals surface area contributed by atoms with E-state index in [1.54, 1.807) is 25.4 Å². The molecule has 3 saturated heterocycles. The molecule has 12 nitrogen and oxygen atoms in total. The molecule has 2 N–H and O–H groups in total. The molecular formula is C31H37F5N9O3+. The number of anilines is 1. The first-order valence-electron chi connectivity index (χ1n) is 16.3. The Bertz CT molecular complexity index is 1680. The van der Waals surface area contributed by atoms with Crippen molar-refractivity contribution < 1.29 is 41.0 Å². The maximum Gasteiger partial charge on any atom is 0.393 e. The minimum atomic E-state index is -4.45. The summed E-state index contributed by atoms with van der Waals surface area (Å²) in [5.74, 6) is -6.11. The van der Waals surface area contributed by atoms with Crippen LogP contribution in [-0.4, -0.2) is 93.5 Å². The summed E-state index contributed by atoms with van der Waals surface area (Å²) in [5, 5.41) is 14.2. The molecule has 1 aliphatic carbocycles. The summed E-state index contributed by atoms with van der Waals surface area (Å²) in [6.45, 7) is 3.71. The van der Waals surface area contributed by atoms with E-state index in [-0.39, 0.29) is 61.3 Å². The predicted molar refractivity (Wildman–Crippen MR) is 162 cm³/mol. The second-order valence-electron chi connectivity index (χ2n) is 13.6. The molecular weight excluding hydrogens is 641 g/mol. The lowest BCUT2D eigenvalue weighted by atomic mass is 9.79. The molecule has 17 heteroatoms. The van der Waals surface area contributed by atoms with Gasteiger partial charge in [-0.15, -0.1) is 0 Å². The number of halogens is 5. The Hall–Kier alpha value is -4.02. The number of imidazole rings is 1. The Labute approximate surface area is 272 Å². The fourth-order valence-corrected chi connectivity index (χ4v) is 7.51. The SMILES string of the molecule is C/C=[N+]1/N=CC=C1C(=O)N[C@H](c1cn2nc(C[C@H]3C[C@@H](C(F)(F)F)CNC3=O)c(N3CC4(CCOC4)C3)nc2n1)C1CCC(F)(F)CC1. The molecule has 7 rings (SSSR count). The fourth-order valence-electron chi connectivity index (χ4n) is 7.51.